The number of hydrogen-bond acceptors (Lipinski definition) is 4. The molecule has 0 saturated carbocycles. The molecule has 1 aromatic carbocycles. The minimum atomic E-state index is -0.305. The number of aromatic nitrogens is 4. The Morgan fingerprint density at radius 1 is 1.21 bits per heavy atom. The van der Waals surface area contributed by atoms with Crippen molar-refractivity contribution in [3.8, 4) is 0 Å². The van der Waals surface area contributed by atoms with Gasteiger partial charge in [0.25, 0.3) is 5.56 Å². The van der Waals surface area contributed by atoms with E-state index in [2.05, 4.69) is 15.5 Å². The van der Waals surface area contributed by atoms with Crippen LogP contribution >= 0.6 is 0 Å². The molecule has 0 aliphatic rings. The predicted molar refractivity (Wildman–Crippen MR) is 92.0 cm³/mol. The van der Waals surface area contributed by atoms with E-state index in [0.717, 1.165) is 17.8 Å². The number of rotatable bonds is 5. The smallest absolute Gasteiger partial charge is 0.297 e. The maximum atomic E-state index is 12.8. The Morgan fingerprint density at radius 2 is 1.92 bits per heavy atom. The SMILES string of the molecule is CCc1nnc2c(=O)n(CC(=O)N[C@@H](C)CC)c3ccccc3n12. The molecule has 0 bridgehead atoms. The molecule has 1 amide bonds. The lowest BCUT2D eigenvalue weighted by atomic mass is 10.2. The first-order chi connectivity index (χ1) is 11.6. The average Bonchev–Trinajstić information content (AvgIpc) is 3.02. The zero-order valence-corrected chi connectivity index (χ0v) is 14.1. The number of hydrogen-bond donors (Lipinski definition) is 1. The number of nitrogens with one attached hydrogen (secondary N) is 1. The summed E-state index contributed by atoms with van der Waals surface area (Å²) >= 11 is 0. The summed E-state index contributed by atoms with van der Waals surface area (Å²) in [6, 6.07) is 7.57. The molecule has 3 rings (SSSR count). The Balaban J connectivity index is 2.18. The number of carbonyl (C=O) groups is 1. The molecular formula is C17H21N5O2. The number of nitrogens with zero attached hydrogens (tertiary/aromatic N) is 4. The number of amides is 1. The van der Waals surface area contributed by atoms with E-state index in [1.807, 2.05) is 45.0 Å². The fraction of sp³-hybridized carbons (Fsp3) is 0.412. The van der Waals surface area contributed by atoms with Gasteiger partial charge in [-0.25, -0.2) is 0 Å². The molecule has 126 valence electrons. The summed E-state index contributed by atoms with van der Waals surface area (Å²) < 4.78 is 3.25. The molecule has 2 aromatic heterocycles. The van der Waals surface area contributed by atoms with Crippen LogP contribution in [0.4, 0.5) is 0 Å². The zero-order chi connectivity index (χ0) is 17.3. The van der Waals surface area contributed by atoms with Gasteiger partial charge in [0.1, 0.15) is 12.4 Å². The first-order valence-corrected chi connectivity index (χ1v) is 8.21. The minimum absolute atomic E-state index is 0.0332. The maximum Gasteiger partial charge on any atom is 0.297 e. The van der Waals surface area contributed by atoms with E-state index in [1.54, 1.807) is 4.40 Å². The molecule has 3 aromatic rings. The molecule has 0 aliphatic carbocycles. The molecule has 0 aliphatic heterocycles. The van der Waals surface area contributed by atoms with Crippen molar-refractivity contribution in [2.24, 2.45) is 0 Å². The third kappa shape index (κ3) is 2.66. The molecule has 0 radical (unpaired) electrons. The second kappa shape index (κ2) is 6.43. The number of fused-ring (bicyclic) bond motifs is 3. The van der Waals surface area contributed by atoms with Crippen molar-refractivity contribution < 1.29 is 4.79 Å². The highest BCUT2D eigenvalue weighted by Crippen LogP contribution is 2.15. The Kier molecular flexibility index (Phi) is 4.33. The predicted octanol–water partition coefficient (Wildman–Crippen LogP) is 1.52. The lowest BCUT2D eigenvalue weighted by Gasteiger charge is -2.15. The first-order valence-electron chi connectivity index (χ1n) is 8.21. The number of benzene rings is 1. The third-order valence-corrected chi connectivity index (χ3v) is 4.22. The molecule has 1 atom stereocenters. The lowest BCUT2D eigenvalue weighted by molar-refractivity contribution is -0.122. The van der Waals surface area contributed by atoms with E-state index in [4.69, 9.17) is 0 Å². The second-order valence-electron chi connectivity index (χ2n) is 5.89. The van der Waals surface area contributed by atoms with Crippen molar-refractivity contribution >= 4 is 22.6 Å². The van der Waals surface area contributed by atoms with E-state index >= 15 is 0 Å². The molecular weight excluding hydrogens is 306 g/mol. The standard InChI is InChI=1S/C17H21N5O2/c1-4-11(3)18-15(23)10-21-12-8-6-7-9-13(12)22-14(5-2)19-20-16(22)17(21)24/h6-9,11H,4-5,10H2,1-3H3,(H,18,23)/t11-/m0/s1. The van der Waals surface area contributed by atoms with Crippen molar-refractivity contribution in [3.63, 3.8) is 0 Å². The molecule has 7 heteroatoms. The lowest BCUT2D eigenvalue weighted by Crippen LogP contribution is -2.37. The summed E-state index contributed by atoms with van der Waals surface area (Å²) in [6.07, 6.45) is 1.51. The molecule has 7 nitrogen and oxygen atoms in total. The van der Waals surface area contributed by atoms with Gasteiger partial charge in [0.2, 0.25) is 11.6 Å². The van der Waals surface area contributed by atoms with Crippen LogP contribution in [0.15, 0.2) is 29.1 Å². The minimum Gasteiger partial charge on any atom is -0.352 e. The highest BCUT2D eigenvalue weighted by Gasteiger charge is 2.17. The van der Waals surface area contributed by atoms with Crippen molar-refractivity contribution in [2.45, 2.75) is 46.2 Å². The van der Waals surface area contributed by atoms with Crippen LogP contribution in [0.1, 0.15) is 33.0 Å². The summed E-state index contributed by atoms with van der Waals surface area (Å²) in [4.78, 5) is 25.1. The van der Waals surface area contributed by atoms with Gasteiger partial charge in [0, 0.05) is 12.5 Å². The molecule has 2 heterocycles. The third-order valence-electron chi connectivity index (χ3n) is 4.22. The van der Waals surface area contributed by atoms with Gasteiger partial charge in [-0.1, -0.05) is 26.0 Å². The highest BCUT2D eigenvalue weighted by atomic mass is 16.2. The maximum absolute atomic E-state index is 12.8. The number of para-hydroxylation sites is 2. The van der Waals surface area contributed by atoms with Gasteiger partial charge in [-0.15, -0.1) is 10.2 Å². The first kappa shape index (κ1) is 16.2. The molecule has 24 heavy (non-hydrogen) atoms. The number of aryl methyl sites for hydroxylation is 1. The Hall–Kier alpha value is -2.70. The van der Waals surface area contributed by atoms with Crippen LogP contribution in [-0.4, -0.2) is 31.1 Å². The fourth-order valence-electron chi connectivity index (χ4n) is 2.77. The average molecular weight is 327 g/mol. The van der Waals surface area contributed by atoms with E-state index in [9.17, 15) is 9.59 Å². The van der Waals surface area contributed by atoms with Crippen molar-refractivity contribution in [2.75, 3.05) is 0 Å². The zero-order valence-electron chi connectivity index (χ0n) is 14.1. The van der Waals surface area contributed by atoms with Gasteiger partial charge in [0.15, 0.2) is 0 Å². The summed E-state index contributed by atoms with van der Waals surface area (Å²) in [5, 5.41) is 11.0. The van der Waals surface area contributed by atoms with E-state index in [0.29, 0.717) is 11.9 Å². The molecule has 0 unspecified atom stereocenters. The van der Waals surface area contributed by atoms with Gasteiger partial charge in [-0.05, 0) is 25.5 Å². The molecule has 1 N–H and O–H groups in total. The van der Waals surface area contributed by atoms with Gasteiger partial charge < -0.3 is 5.32 Å². The molecule has 0 fully saturated rings. The van der Waals surface area contributed by atoms with E-state index in [-0.39, 0.29) is 29.7 Å². The topological polar surface area (TPSA) is 81.3 Å². The van der Waals surface area contributed by atoms with Crippen LogP contribution in [0.2, 0.25) is 0 Å². The second-order valence-corrected chi connectivity index (χ2v) is 5.89. The van der Waals surface area contributed by atoms with Gasteiger partial charge in [-0.3, -0.25) is 18.6 Å². The molecule has 0 saturated heterocycles. The van der Waals surface area contributed by atoms with Gasteiger partial charge in [-0.2, -0.15) is 0 Å². The summed E-state index contributed by atoms with van der Waals surface area (Å²) in [7, 11) is 0. The van der Waals surface area contributed by atoms with Crippen molar-refractivity contribution in [3.05, 3.63) is 40.4 Å². The van der Waals surface area contributed by atoms with Crippen LogP contribution in [0, 0.1) is 0 Å². The summed E-state index contributed by atoms with van der Waals surface area (Å²) in [5.41, 5.74) is 1.47. The Labute approximate surface area is 139 Å². The Morgan fingerprint density at radius 3 is 2.58 bits per heavy atom. The van der Waals surface area contributed by atoms with Crippen LogP contribution in [0.5, 0.6) is 0 Å². The van der Waals surface area contributed by atoms with E-state index < -0.39 is 0 Å². The van der Waals surface area contributed by atoms with Crippen LogP contribution in [0.25, 0.3) is 16.7 Å². The van der Waals surface area contributed by atoms with E-state index in [1.165, 1.54) is 4.57 Å². The quantitative estimate of drug-likeness (QED) is 0.770. The largest absolute Gasteiger partial charge is 0.352 e. The van der Waals surface area contributed by atoms with Crippen LogP contribution < -0.4 is 10.9 Å². The summed E-state index contributed by atoms with van der Waals surface area (Å²) in [6.45, 7) is 5.87. The van der Waals surface area contributed by atoms with Crippen LogP contribution in [-0.2, 0) is 17.8 Å². The monoisotopic (exact) mass is 327 g/mol. The highest BCUT2D eigenvalue weighted by molar-refractivity contribution is 5.82. The normalized spacial score (nSPS) is 12.6. The summed E-state index contributed by atoms with van der Waals surface area (Å²) in [5.74, 6) is 0.547. The van der Waals surface area contributed by atoms with Gasteiger partial charge >= 0.3 is 0 Å². The van der Waals surface area contributed by atoms with Crippen molar-refractivity contribution in [1.29, 1.82) is 0 Å². The van der Waals surface area contributed by atoms with Gasteiger partial charge in [0.05, 0.1) is 11.0 Å². The van der Waals surface area contributed by atoms with Crippen LogP contribution in [0.3, 0.4) is 0 Å². The van der Waals surface area contributed by atoms with Crippen molar-refractivity contribution in [1.82, 2.24) is 24.5 Å². The fourth-order valence-corrected chi connectivity index (χ4v) is 2.77. The number of carbonyl (C=O) groups excluding carboxylic acids is 1. The Bertz CT molecular complexity index is 957. The molecule has 0 spiro atoms.